The standard InChI is InChI=1S/C10H17N3O2S/c1-3-11-7-8-16(14,15)13-10-9(2)5-4-6-12-10/h4-6,11H,3,7-8H2,1-2H3,(H,12,13). The topological polar surface area (TPSA) is 71.1 Å². The summed E-state index contributed by atoms with van der Waals surface area (Å²) in [4.78, 5) is 3.98. The van der Waals surface area contributed by atoms with E-state index < -0.39 is 10.0 Å². The Hall–Kier alpha value is -1.14. The average molecular weight is 243 g/mol. The second-order valence-corrected chi connectivity index (χ2v) is 5.29. The molecular weight excluding hydrogens is 226 g/mol. The van der Waals surface area contributed by atoms with Crippen LogP contribution in [0.3, 0.4) is 0 Å². The first-order valence-electron chi connectivity index (χ1n) is 5.18. The second-order valence-electron chi connectivity index (χ2n) is 3.44. The molecule has 0 aromatic carbocycles. The molecule has 0 radical (unpaired) electrons. The molecule has 6 heteroatoms. The Kier molecular flexibility index (Phi) is 4.70. The molecule has 0 saturated heterocycles. The number of aryl methyl sites for hydroxylation is 1. The van der Waals surface area contributed by atoms with Gasteiger partial charge in [-0.05, 0) is 25.1 Å². The third-order valence-electron chi connectivity index (χ3n) is 2.06. The monoisotopic (exact) mass is 243 g/mol. The van der Waals surface area contributed by atoms with Crippen LogP contribution in [-0.2, 0) is 10.0 Å². The van der Waals surface area contributed by atoms with Crippen molar-refractivity contribution in [2.45, 2.75) is 13.8 Å². The van der Waals surface area contributed by atoms with Crippen LogP contribution in [0.4, 0.5) is 5.82 Å². The number of rotatable bonds is 6. The molecule has 0 amide bonds. The first-order chi connectivity index (χ1) is 7.55. The maximum absolute atomic E-state index is 11.6. The smallest absolute Gasteiger partial charge is 0.235 e. The second kappa shape index (κ2) is 5.81. The van der Waals surface area contributed by atoms with Crippen LogP contribution in [0.25, 0.3) is 0 Å². The van der Waals surface area contributed by atoms with Crippen LogP contribution in [0.1, 0.15) is 12.5 Å². The molecule has 2 N–H and O–H groups in total. The van der Waals surface area contributed by atoms with Gasteiger partial charge in [0.2, 0.25) is 10.0 Å². The summed E-state index contributed by atoms with van der Waals surface area (Å²) in [5, 5.41) is 2.97. The van der Waals surface area contributed by atoms with Gasteiger partial charge in [-0.2, -0.15) is 0 Å². The lowest BCUT2D eigenvalue weighted by Gasteiger charge is -2.09. The number of aromatic nitrogens is 1. The van der Waals surface area contributed by atoms with E-state index in [1.165, 1.54) is 0 Å². The Morgan fingerprint density at radius 2 is 2.19 bits per heavy atom. The summed E-state index contributed by atoms with van der Waals surface area (Å²) in [5.74, 6) is 0.454. The lowest BCUT2D eigenvalue weighted by Crippen LogP contribution is -2.27. The third kappa shape index (κ3) is 4.16. The predicted molar refractivity (Wildman–Crippen MR) is 64.9 cm³/mol. The minimum Gasteiger partial charge on any atom is -0.316 e. The van der Waals surface area contributed by atoms with Gasteiger partial charge in [0.05, 0.1) is 5.75 Å². The fraction of sp³-hybridized carbons (Fsp3) is 0.500. The number of hydrogen-bond donors (Lipinski definition) is 2. The molecule has 0 aliphatic carbocycles. The molecule has 5 nitrogen and oxygen atoms in total. The Morgan fingerprint density at radius 1 is 1.44 bits per heavy atom. The van der Waals surface area contributed by atoms with E-state index in [0.29, 0.717) is 12.4 Å². The quantitative estimate of drug-likeness (QED) is 0.723. The number of anilines is 1. The molecule has 0 atom stereocenters. The third-order valence-corrected chi connectivity index (χ3v) is 3.31. The minimum absolute atomic E-state index is 0.0524. The SMILES string of the molecule is CCNCCS(=O)(=O)Nc1ncccc1C. The van der Waals surface area contributed by atoms with Crippen LogP contribution < -0.4 is 10.0 Å². The van der Waals surface area contributed by atoms with Gasteiger partial charge in [-0.15, -0.1) is 0 Å². The normalized spacial score (nSPS) is 11.4. The van der Waals surface area contributed by atoms with E-state index in [-0.39, 0.29) is 5.75 Å². The zero-order valence-corrected chi connectivity index (χ0v) is 10.3. The number of sulfonamides is 1. The van der Waals surface area contributed by atoms with E-state index in [0.717, 1.165) is 12.1 Å². The van der Waals surface area contributed by atoms with Crippen molar-refractivity contribution in [3.05, 3.63) is 23.9 Å². The molecule has 0 spiro atoms. The maximum Gasteiger partial charge on any atom is 0.235 e. The number of nitrogens with zero attached hydrogens (tertiary/aromatic N) is 1. The van der Waals surface area contributed by atoms with Gasteiger partial charge in [0.25, 0.3) is 0 Å². The molecular formula is C10H17N3O2S. The molecule has 1 aromatic heterocycles. The molecule has 0 saturated carbocycles. The van der Waals surface area contributed by atoms with Gasteiger partial charge >= 0.3 is 0 Å². The highest BCUT2D eigenvalue weighted by Gasteiger charge is 2.11. The fourth-order valence-corrected chi connectivity index (χ4v) is 2.20. The van der Waals surface area contributed by atoms with Crippen molar-refractivity contribution in [2.75, 3.05) is 23.6 Å². The molecule has 0 aliphatic heterocycles. The summed E-state index contributed by atoms with van der Waals surface area (Å²) in [5.41, 5.74) is 0.814. The minimum atomic E-state index is -3.30. The van der Waals surface area contributed by atoms with Gasteiger partial charge in [0.1, 0.15) is 5.82 Å². The molecule has 90 valence electrons. The van der Waals surface area contributed by atoms with Crippen molar-refractivity contribution >= 4 is 15.8 Å². The van der Waals surface area contributed by atoms with E-state index in [1.54, 1.807) is 12.3 Å². The van der Waals surface area contributed by atoms with Crippen LogP contribution in [0.5, 0.6) is 0 Å². The number of nitrogens with one attached hydrogen (secondary N) is 2. The van der Waals surface area contributed by atoms with Crippen LogP contribution in [0.2, 0.25) is 0 Å². The van der Waals surface area contributed by atoms with Gasteiger partial charge in [-0.25, -0.2) is 13.4 Å². The molecule has 0 bridgehead atoms. The Morgan fingerprint density at radius 3 is 2.81 bits per heavy atom. The molecule has 1 heterocycles. The lowest BCUT2D eigenvalue weighted by atomic mass is 10.3. The van der Waals surface area contributed by atoms with Crippen molar-refractivity contribution < 1.29 is 8.42 Å². The van der Waals surface area contributed by atoms with E-state index in [9.17, 15) is 8.42 Å². The van der Waals surface area contributed by atoms with Crippen LogP contribution >= 0.6 is 0 Å². The van der Waals surface area contributed by atoms with E-state index >= 15 is 0 Å². The van der Waals surface area contributed by atoms with Crippen molar-refractivity contribution in [3.8, 4) is 0 Å². The van der Waals surface area contributed by atoms with Crippen LogP contribution in [0, 0.1) is 6.92 Å². The molecule has 0 aliphatic rings. The van der Waals surface area contributed by atoms with Gasteiger partial charge in [-0.1, -0.05) is 13.0 Å². The van der Waals surface area contributed by atoms with Crippen LogP contribution in [0.15, 0.2) is 18.3 Å². The van der Waals surface area contributed by atoms with Gasteiger partial charge in [-0.3, -0.25) is 4.72 Å². The fourth-order valence-electron chi connectivity index (χ4n) is 1.17. The molecule has 0 fully saturated rings. The van der Waals surface area contributed by atoms with Crippen molar-refractivity contribution in [2.24, 2.45) is 0 Å². The average Bonchev–Trinajstić information content (AvgIpc) is 2.21. The van der Waals surface area contributed by atoms with Gasteiger partial charge in [0.15, 0.2) is 0 Å². The number of pyridine rings is 1. The summed E-state index contributed by atoms with van der Waals surface area (Å²) < 4.78 is 25.7. The van der Waals surface area contributed by atoms with Crippen molar-refractivity contribution in [1.82, 2.24) is 10.3 Å². The Bertz CT molecular complexity index is 431. The van der Waals surface area contributed by atoms with Gasteiger partial charge < -0.3 is 5.32 Å². The molecule has 16 heavy (non-hydrogen) atoms. The summed E-state index contributed by atoms with van der Waals surface area (Å²) in [6, 6.07) is 3.58. The highest BCUT2D eigenvalue weighted by atomic mass is 32.2. The van der Waals surface area contributed by atoms with Crippen molar-refractivity contribution in [1.29, 1.82) is 0 Å². The lowest BCUT2D eigenvalue weighted by molar-refractivity contribution is 0.597. The maximum atomic E-state index is 11.6. The summed E-state index contributed by atoms with van der Waals surface area (Å²) >= 11 is 0. The van der Waals surface area contributed by atoms with E-state index in [2.05, 4.69) is 15.0 Å². The number of hydrogen-bond acceptors (Lipinski definition) is 4. The summed E-state index contributed by atoms with van der Waals surface area (Å²) in [7, 11) is -3.30. The van der Waals surface area contributed by atoms with Crippen LogP contribution in [-0.4, -0.2) is 32.2 Å². The Labute approximate surface area is 96.3 Å². The summed E-state index contributed by atoms with van der Waals surface area (Å²) in [6.07, 6.45) is 1.56. The predicted octanol–water partition coefficient (Wildman–Crippen LogP) is 0.741. The zero-order chi connectivity index (χ0) is 12.0. The van der Waals surface area contributed by atoms with Gasteiger partial charge in [0, 0.05) is 12.7 Å². The molecule has 1 rings (SSSR count). The first-order valence-corrected chi connectivity index (χ1v) is 6.83. The Balaban J connectivity index is 2.63. The summed E-state index contributed by atoms with van der Waals surface area (Å²) in [6.45, 7) is 4.95. The van der Waals surface area contributed by atoms with E-state index in [4.69, 9.17) is 0 Å². The largest absolute Gasteiger partial charge is 0.316 e. The highest BCUT2D eigenvalue weighted by Crippen LogP contribution is 2.10. The molecule has 1 aromatic rings. The highest BCUT2D eigenvalue weighted by molar-refractivity contribution is 7.92. The van der Waals surface area contributed by atoms with Crippen molar-refractivity contribution in [3.63, 3.8) is 0 Å². The molecule has 0 unspecified atom stereocenters. The van der Waals surface area contributed by atoms with E-state index in [1.807, 2.05) is 19.9 Å². The first kappa shape index (κ1) is 12.9. The zero-order valence-electron chi connectivity index (χ0n) is 9.53.